The predicted molar refractivity (Wildman–Crippen MR) is 170 cm³/mol. The molecule has 14 heteroatoms. The summed E-state index contributed by atoms with van der Waals surface area (Å²) < 4.78 is 101. The molecule has 2 aliphatic heterocycles. The highest BCUT2D eigenvalue weighted by Gasteiger charge is 2.73. The maximum atomic E-state index is 15.1. The Bertz CT molecular complexity index is 2040. The van der Waals surface area contributed by atoms with Crippen LogP contribution in [0, 0.1) is 24.7 Å². The van der Waals surface area contributed by atoms with E-state index in [1.807, 2.05) is 0 Å². The van der Waals surface area contributed by atoms with Gasteiger partial charge in [0.1, 0.15) is 24.7 Å². The lowest BCUT2D eigenvalue weighted by atomic mass is 9.71. The number of hydrogen-bond acceptors (Lipinski definition) is 6. The lowest BCUT2D eigenvalue weighted by Crippen LogP contribution is -2.55. The van der Waals surface area contributed by atoms with Crippen molar-refractivity contribution >= 4 is 35.0 Å². The maximum Gasteiger partial charge on any atom is 0.411 e. The molecule has 0 unspecified atom stereocenters. The summed E-state index contributed by atoms with van der Waals surface area (Å²) in [6, 6.07) is 13.7. The molecule has 0 aliphatic carbocycles. The first-order valence-electron chi connectivity index (χ1n) is 14.7. The molecule has 0 saturated heterocycles. The number of halogens is 6. The quantitative estimate of drug-likeness (QED) is 0.115. The van der Waals surface area contributed by atoms with Crippen LogP contribution >= 0.6 is 0 Å². The molecule has 4 amide bonds. The SMILES string of the molecule is C#CCOc1ccc(N2C(=O)c3ccc(C(c4ccc5c(c4)C(=O)N(c4ccc(OCC#C)cc4)C5=O)(C(F)(F)F)C(F)(F)F)cc3C2=O)cc1. The molecular formula is C37H20F6N2O6. The van der Waals surface area contributed by atoms with Crippen molar-refractivity contribution in [2.45, 2.75) is 17.8 Å². The van der Waals surface area contributed by atoms with Crippen molar-refractivity contribution in [3.05, 3.63) is 118 Å². The van der Waals surface area contributed by atoms with Gasteiger partial charge in [-0.3, -0.25) is 19.2 Å². The fourth-order valence-electron chi connectivity index (χ4n) is 6.03. The number of ether oxygens (including phenoxy) is 2. The Kier molecular flexibility index (Phi) is 8.35. The molecule has 256 valence electrons. The molecule has 0 radical (unpaired) electrons. The summed E-state index contributed by atoms with van der Waals surface area (Å²) in [5.41, 5.74) is -10.1. The van der Waals surface area contributed by atoms with E-state index < -0.39 is 74.8 Å². The van der Waals surface area contributed by atoms with Crippen molar-refractivity contribution in [3.8, 4) is 36.2 Å². The molecule has 0 aromatic heterocycles. The van der Waals surface area contributed by atoms with Gasteiger partial charge in [0.15, 0.2) is 0 Å². The van der Waals surface area contributed by atoms with Crippen LogP contribution in [0.15, 0.2) is 84.9 Å². The van der Waals surface area contributed by atoms with Crippen LogP contribution in [0.25, 0.3) is 0 Å². The molecule has 4 aromatic rings. The Labute approximate surface area is 285 Å². The minimum Gasteiger partial charge on any atom is -0.481 e. The van der Waals surface area contributed by atoms with Gasteiger partial charge in [-0.15, -0.1) is 12.8 Å². The second-order valence-corrected chi connectivity index (χ2v) is 11.1. The number of carbonyl (C=O) groups excluding carboxylic acids is 4. The molecule has 2 aliphatic rings. The van der Waals surface area contributed by atoms with E-state index in [9.17, 15) is 19.2 Å². The van der Waals surface area contributed by atoms with Crippen LogP contribution in [-0.2, 0) is 5.41 Å². The number of rotatable bonds is 8. The molecule has 0 atom stereocenters. The van der Waals surface area contributed by atoms with Crippen molar-refractivity contribution in [3.63, 3.8) is 0 Å². The Morgan fingerprint density at radius 1 is 0.510 bits per heavy atom. The second kappa shape index (κ2) is 12.4. The lowest BCUT2D eigenvalue weighted by molar-refractivity contribution is -0.288. The van der Waals surface area contributed by atoms with Gasteiger partial charge in [0.25, 0.3) is 23.6 Å². The van der Waals surface area contributed by atoms with Gasteiger partial charge in [0, 0.05) is 0 Å². The van der Waals surface area contributed by atoms with Crippen LogP contribution in [0.4, 0.5) is 37.7 Å². The number of hydrogen-bond donors (Lipinski definition) is 0. The summed E-state index contributed by atoms with van der Waals surface area (Å²) in [5, 5.41) is 0. The summed E-state index contributed by atoms with van der Waals surface area (Å²) in [7, 11) is 0. The molecule has 4 aromatic carbocycles. The van der Waals surface area contributed by atoms with E-state index in [0.29, 0.717) is 46.2 Å². The number of imide groups is 2. The van der Waals surface area contributed by atoms with Gasteiger partial charge >= 0.3 is 12.4 Å². The molecule has 51 heavy (non-hydrogen) atoms. The van der Waals surface area contributed by atoms with Crippen LogP contribution in [0.3, 0.4) is 0 Å². The second-order valence-electron chi connectivity index (χ2n) is 11.1. The van der Waals surface area contributed by atoms with Crippen molar-refractivity contribution in [1.29, 1.82) is 0 Å². The number of anilines is 2. The zero-order valence-corrected chi connectivity index (χ0v) is 25.8. The van der Waals surface area contributed by atoms with Gasteiger partial charge < -0.3 is 9.47 Å². The Morgan fingerprint density at radius 2 is 0.843 bits per heavy atom. The van der Waals surface area contributed by atoms with Crippen LogP contribution < -0.4 is 19.3 Å². The van der Waals surface area contributed by atoms with E-state index in [-0.39, 0.29) is 36.1 Å². The van der Waals surface area contributed by atoms with Crippen LogP contribution in [-0.4, -0.2) is 49.2 Å². The van der Waals surface area contributed by atoms with E-state index in [1.165, 1.54) is 48.5 Å². The van der Waals surface area contributed by atoms with Crippen LogP contribution in [0.2, 0.25) is 0 Å². The van der Waals surface area contributed by atoms with Crippen molar-refractivity contribution in [2.75, 3.05) is 23.0 Å². The predicted octanol–water partition coefficient (Wildman–Crippen LogP) is 6.72. The third kappa shape index (κ3) is 5.41. The number of benzene rings is 4. The molecule has 2 heterocycles. The average molecular weight is 703 g/mol. The molecule has 6 rings (SSSR count). The van der Waals surface area contributed by atoms with E-state index >= 15 is 26.3 Å². The summed E-state index contributed by atoms with van der Waals surface area (Å²) in [6.45, 7) is -0.166. The van der Waals surface area contributed by atoms with E-state index in [1.54, 1.807) is 0 Å². The van der Waals surface area contributed by atoms with Gasteiger partial charge in [-0.2, -0.15) is 26.3 Å². The maximum absolute atomic E-state index is 15.1. The van der Waals surface area contributed by atoms with Crippen molar-refractivity contribution in [2.24, 2.45) is 0 Å². The highest BCUT2D eigenvalue weighted by Crippen LogP contribution is 2.57. The van der Waals surface area contributed by atoms with Gasteiger partial charge in [0.2, 0.25) is 5.41 Å². The Morgan fingerprint density at radius 3 is 1.16 bits per heavy atom. The minimum absolute atomic E-state index is 0.0326. The van der Waals surface area contributed by atoms with Crippen LogP contribution in [0.1, 0.15) is 52.6 Å². The number of amides is 4. The molecule has 0 saturated carbocycles. The summed E-state index contributed by atoms with van der Waals surface area (Å²) in [5.74, 6) is 0.735. The van der Waals surface area contributed by atoms with Gasteiger partial charge in [-0.25, -0.2) is 9.80 Å². The average Bonchev–Trinajstić information content (AvgIpc) is 3.49. The summed E-state index contributed by atoms with van der Waals surface area (Å²) >= 11 is 0. The van der Waals surface area contributed by atoms with E-state index in [0.717, 1.165) is 0 Å². The zero-order chi connectivity index (χ0) is 36.9. The van der Waals surface area contributed by atoms with E-state index in [2.05, 4.69) is 11.8 Å². The monoisotopic (exact) mass is 702 g/mol. The van der Waals surface area contributed by atoms with Gasteiger partial charge in [-0.1, -0.05) is 24.0 Å². The number of alkyl halides is 6. The van der Waals surface area contributed by atoms with Crippen LogP contribution in [0.5, 0.6) is 11.5 Å². The Balaban J connectivity index is 1.42. The highest BCUT2D eigenvalue weighted by molar-refractivity contribution is 6.35. The van der Waals surface area contributed by atoms with Crippen molar-refractivity contribution in [1.82, 2.24) is 0 Å². The molecule has 0 bridgehead atoms. The molecule has 0 spiro atoms. The van der Waals surface area contributed by atoms with Gasteiger partial charge in [0.05, 0.1) is 33.6 Å². The smallest absolute Gasteiger partial charge is 0.411 e. The highest BCUT2D eigenvalue weighted by atomic mass is 19.4. The standard InChI is InChI=1S/C37H20F6N2O6/c1-3-17-50-25-11-7-23(8-12-25)44-31(46)27-15-5-21(19-29(27)33(44)48)35(36(38,39)40,37(41,42)43)22-6-16-28-30(20-22)34(49)45(32(28)47)24-9-13-26(14-10-24)51-18-4-2/h1-2,5-16,19-20H,17-18H2. The molecular weight excluding hydrogens is 682 g/mol. The number of fused-ring (bicyclic) bond motifs is 2. The lowest BCUT2D eigenvalue weighted by Gasteiger charge is -2.38. The fraction of sp³-hybridized carbons (Fsp3) is 0.135. The first-order chi connectivity index (χ1) is 24.1. The topological polar surface area (TPSA) is 93.2 Å². The fourth-order valence-corrected chi connectivity index (χ4v) is 6.03. The number of terminal acetylenes is 2. The first kappa shape index (κ1) is 34.3. The van der Waals surface area contributed by atoms with Crippen molar-refractivity contribution < 1.29 is 55.0 Å². The van der Waals surface area contributed by atoms with E-state index in [4.69, 9.17) is 22.3 Å². The summed E-state index contributed by atoms with van der Waals surface area (Å²) in [6.07, 6.45) is -1.93. The third-order valence-electron chi connectivity index (χ3n) is 8.32. The zero-order valence-electron chi connectivity index (χ0n) is 25.8. The number of carbonyl (C=O) groups is 4. The largest absolute Gasteiger partial charge is 0.481 e. The van der Waals surface area contributed by atoms with Gasteiger partial charge in [-0.05, 0) is 83.9 Å². The molecule has 0 fully saturated rings. The molecule has 8 nitrogen and oxygen atoms in total. The minimum atomic E-state index is -6.12. The first-order valence-corrected chi connectivity index (χ1v) is 14.7. The molecule has 0 N–H and O–H groups in total. The summed E-state index contributed by atoms with van der Waals surface area (Å²) in [4.78, 5) is 54.5. The number of nitrogens with zero attached hydrogens (tertiary/aromatic N) is 2. The third-order valence-corrected chi connectivity index (χ3v) is 8.32. The normalized spacial score (nSPS) is 14.3. The Hall–Kier alpha value is -6.54.